The molecule has 2 saturated carbocycles. The summed E-state index contributed by atoms with van der Waals surface area (Å²) in [5.41, 5.74) is 1.49. The van der Waals surface area contributed by atoms with Crippen LogP contribution in [-0.4, -0.2) is 17.9 Å². The number of nitrogens with zero attached hydrogens (tertiary/aromatic N) is 1. The largest absolute Gasteiger partial charge is 0.374 e. The van der Waals surface area contributed by atoms with E-state index < -0.39 is 0 Å². The van der Waals surface area contributed by atoms with Crippen LogP contribution in [0.2, 0.25) is 0 Å². The average molecular weight is 310 g/mol. The van der Waals surface area contributed by atoms with Crippen LogP contribution in [0, 0.1) is 17.8 Å². The molecule has 2 heterocycles. The highest BCUT2D eigenvalue weighted by Gasteiger charge is 2.49. The van der Waals surface area contributed by atoms with Crippen molar-refractivity contribution in [3.63, 3.8) is 0 Å². The van der Waals surface area contributed by atoms with Crippen LogP contribution >= 0.6 is 15.9 Å². The minimum absolute atomic E-state index is 0.447. The van der Waals surface area contributed by atoms with Crippen LogP contribution in [0.1, 0.15) is 44.9 Å². The molecule has 0 aromatic heterocycles. The molecule has 4 rings (SSSR count). The van der Waals surface area contributed by atoms with E-state index in [1.54, 1.807) is 0 Å². The fourth-order valence-electron chi connectivity index (χ4n) is 4.50. The van der Waals surface area contributed by atoms with Crippen molar-refractivity contribution >= 4 is 21.6 Å². The van der Waals surface area contributed by atoms with Crippen molar-refractivity contribution < 1.29 is 4.74 Å². The number of hydrogen-bond donors (Lipinski definition) is 0. The lowest BCUT2D eigenvalue weighted by Gasteiger charge is -2.50. The van der Waals surface area contributed by atoms with Gasteiger partial charge in [0.2, 0.25) is 0 Å². The lowest BCUT2D eigenvalue weighted by Crippen LogP contribution is -2.54. The van der Waals surface area contributed by atoms with E-state index in [0.29, 0.717) is 30.0 Å². The van der Waals surface area contributed by atoms with Crippen LogP contribution in [0.3, 0.4) is 0 Å². The molecule has 0 aromatic carbocycles. The Morgan fingerprint density at radius 2 is 1.78 bits per heavy atom. The van der Waals surface area contributed by atoms with Gasteiger partial charge in [-0.1, -0.05) is 35.2 Å². The molecule has 0 bridgehead atoms. The van der Waals surface area contributed by atoms with Crippen molar-refractivity contribution in [3.8, 4) is 0 Å². The van der Waals surface area contributed by atoms with E-state index in [2.05, 4.69) is 22.1 Å². The topological polar surface area (TPSA) is 21.6 Å². The van der Waals surface area contributed by atoms with E-state index in [0.717, 1.165) is 0 Å². The molecule has 5 unspecified atom stereocenters. The van der Waals surface area contributed by atoms with E-state index in [4.69, 9.17) is 9.73 Å². The van der Waals surface area contributed by atoms with Crippen LogP contribution in [0.15, 0.2) is 15.7 Å². The first-order chi connectivity index (χ1) is 8.84. The fourth-order valence-corrected chi connectivity index (χ4v) is 5.12. The molecule has 0 amide bonds. The van der Waals surface area contributed by atoms with E-state index in [1.807, 2.05) is 0 Å². The van der Waals surface area contributed by atoms with E-state index in [9.17, 15) is 0 Å². The molecule has 2 aliphatic carbocycles. The SMILES string of the molecule is BrC1=CN=C2C3CCCCC3OC3CCCC1C23. The zero-order chi connectivity index (χ0) is 12.1. The number of aliphatic imine (C=N–C) groups is 1. The van der Waals surface area contributed by atoms with Crippen molar-refractivity contribution in [1.82, 2.24) is 0 Å². The first kappa shape index (κ1) is 11.7. The van der Waals surface area contributed by atoms with Gasteiger partial charge in [0.05, 0.1) is 12.2 Å². The highest BCUT2D eigenvalue weighted by atomic mass is 79.9. The number of rotatable bonds is 0. The van der Waals surface area contributed by atoms with E-state index in [1.165, 1.54) is 55.1 Å². The van der Waals surface area contributed by atoms with Crippen molar-refractivity contribution in [2.45, 2.75) is 57.2 Å². The summed E-state index contributed by atoms with van der Waals surface area (Å²) < 4.78 is 7.75. The van der Waals surface area contributed by atoms with Crippen molar-refractivity contribution in [2.75, 3.05) is 0 Å². The smallest absolute Gasteiger partial charge is 0.0665 e. The standard InChI is InChI=1S/C15H20BrNO/c16-11-8-17-15-10-4-1-2-6-12(10)18-13-7-3-5-9(11)14(13)15/h8-10,12-14H,1-7H2. The third-order valence-electron chi connectivity index (χ3n) is 5.30. The minimum Gasteiger partial charge on any atom is -0.374 e. The lowest BCUT2D eigenvalue weighted by atomic mass is 9.65. The summed E-state index contributed by atoms with van der Waals surface area (Å²) in [7, 11) is 0. The molecule has 3 fully saturated rings. The molecule has 2 aliphatic heterocycles. The second kappa shape index (κ2) is 4.45. The summed E-state index contributed by atoms with van der Waals surface area (Å²) in [5, 5.41) is 0. The maximum absolute atomic E-state index is 6.45. The number of allylic oxidation sites excluding steroid dienone is 1. The normalized spacial score (nSPS) is 46.6. The number of hydrogen-bond acceptors (Lipinski definition) is 2. The van der Waals surface area contributed by atoms with Crippen LogP contribution in [0.4, 0.5) is 0 Å². The van der Waals surface area contributed by atoms with Crippen LogP contribution in [0.5, 0.6) is 0 Å². The van der Waals surface area contributed by atoms with Gasteiger partial charge in [0.15, 0.2) is 0 Å². The quantitative estimate of drug-likeness (QED) is 0.661. The molecule has 0 radical (unpaired) electrons. The van der Waals surface area contributed by atoms with E-state index >= 15 is 0 Å². The van der Waals surface area contributed by atoms with Gasteiger partial charge in [-0.3, -0.25) is 4.99 Å². The van der Waals surface area contributed by atoms with Crippen molar-refractivity contribution in [3.05, 3.63) is 10.7 Å². The van der Waals surface area contributed by atoms with Crippen LogP contribution in [0.25, 0.3) is 0 Å². The van der Waals surface area contributed by atoms with Gasteiger partial charge in [0.25, 0.3) is 0 Å². The Labute approximate surface area is 117 Å². The zero-order valence-corrected chi connectivity index (χ0v) is 12.2. The number of ether oxygens (including phenoxy) is 1. The van der Waals surface area contributed by atoms with E-state index in [-0.39, 0.29) is 0 Å². The predicted molar refractivity (Wildman–Crippen MR) is 75.9 cm³/mol. The summed E-state index contributed by atoms with van der Waals surface area (Å²) in [4.78, 5) is 4.83. The summed E-state index contributed by atoms with van der Waals surface area (Å²) in [6.07, 6.45) is 12.1. The third-order valence-corrected chi connectivity index (χ3v) is 6.10. The monoisotopic (exact) mass is 309 g/mol. The fraction of sp³-hybridized carbons (Fsp3) is 0.800. The Kier molecular flexibility index (Phi) is 2.88. The predicted octanol–water partition coefficient (Wildman–Crippen LogP) is 4.05. The van der Waals surface area contributed by atoms with Gasteiger partial charge in [0, 0.05) is 34.1 Å². The highest BCUT2D eigenvalue weighted by molar-refractivity contribution is 9.11. The second-order valence-electron chi connectivity index (χ2n) is 6.24. The molecule has 0 spiro atoms. The molecular formula is C15H20BrNO. The molecule has 2 nitrogen and oxygen atoms in total. The first-order valence-corrected chi connectivity index (χ1v) is 8.22. The second-order valence-corrected chi connectivity index (χ2v) is 7.15. The average Bonchev–Trinajstić information content (AvgIpc) is 2.42. The maximum atomic E-state index is 6.45. The van der Waals surface area contributed by atoms with Crippen molar-refractivity contribution in [2.24, 2.45) is 22.7 Å². The van der Waals surface area contributed by atoms with Crippen molar-refractivity contribution in [1.29, 1.82) is 0 Å². The zero-order valence-electron chi connectivity index (χ0n) is 10.6. The van der Waals surface area contributed by atoms with Gasteiger partial charge in [-0.05, 0) is 25.7 Å². The van der Waals surface area contributed by atoms with Gasteiger partial charge in [-0.2, -0.15) is 0 Å². The number of halogens is 1. The maximum Gasteiger partial charge on any atom is 0.0665 e. The van der Waals surface area contributed by atoms with Gasteiger partial charge < -0.3 is 4.74 Å². The molecule has 0 aromatic rings. The first-order valence-electron chi connectivity index (χ1n) is 7.43. The van der Waals surface area contributed by atoms with Gasteiger partial charge in [-0.15, -0.1) is 0 Å². The molecule has 5 atom stereocenters. The lowest BCUT2D eigenvalue weighted by molar-refractivity contribution is -0.0995. The summed E-state index contributed by atoms with van der Waals surface area (Å²) in [5.74, 6) is 1.86. The molecule has 0 N–H and O–H groups in total. The summed E-state index contributed by atoms with van der Waals surface area (Å²) in [6.45, 7) is 0. The van der Waals surface area contributed by atoms with Crippen LogP contribution in [-0.2, 0) is 4.74 Å². The summed E-state index contributed by atoms with van der Waals surface area (Å²) in [6, 6.07) is 0. The highest BCUT2D eigenvalue weighted by Crippen LogP contribution is 2.49. The molecule has 4 aliphatic rings. The summed E-state index contributed by atoms with van der Waals surface area (Å²) >= 11 is 3.72. The minimum atomic E-state index is 0.447. The molecule has 3 heteroatoms. The Balaban J connectivity index is 1.73. The Morgan fingerprint density at radius 3 is 2.72 bits per heavy atom. The molecule has 98 valence electrons. The van der Waals surface area contributed by atoms with Crippen LogP contribution < -0.4 is 0 Å². The molecule has 18 heavy (non-hydrogen) atoms. The Hall–Kier alpha value is -0.150. The van der Waals surface area contributed by atoms with Gasteiger partial charge in [-0.25, -0.2) is 0 Å². The third kappa shape index (κ3) is 1.66. The van der Waals surface area contributed by atoms with Gasteiger partial charge in [0.1, 0.15) is 0 Å². The van der Waals surface area contributed by atoms with Gasteiger partial charge >= 0.3 is 0 Å². The number of fused-ring (bicyclic) bond motifs is 2. The Morgan fingerprint density at radius 1 is 1.00 bits per heavy atom. The Bertz CT molecular complexity index is 417. The molecular weight excluding hydrogens is 290 g/mol. The molecule has 1 saturated heterocycles.